The molecule has 2 N–H and O–H groups in total. The van der Waals surface area contributed by atoms with Crippen molar-refractivity contribution in [1.29, 1.82) is 0 Å². The zero-order valence-corrected chi connectivity index (χ0v) is 13.8. The fourth-order valence-corrected chi connectivity index (χ4v) is 3.70. The van der Waals surface area contributed by atoms with Crippen LogP contribution >= 0.6 is 22.9 Å². The van der Waals surface area contributed by atoms with Crippen molar-refractivity contribution in [2.24, 2.45) is 11.1 Å². The summed E-state index contributed by atoms with van der Waals surface area (Å²) >= 11 is 7.62. The molecule has 0 bridgehead atoms. The quantitative estimate of drug-likeness (QED) is 0.935. The first-order valence-corrected chi connectivity index (χ1v) is 8.46. The molecule has 1 unspecified atom stereocenters. The van der Waals surface area contributed by atoms with E-state index in [2.05, 4.69) is 17.2 Å². The van der Waals surface area contributed by atoms with E-state index in [0.717, 1.165) is 47.5 Å². The van der Waals surface area contributed by atoms with Gasteiger partial charge in [-0.2, -0.15) is 0 Å². The van der Waals surface area contributed by atoms with Crippen molar-refractivity contribution in [1.82, 2.24) is 9.88 Å². The van der Waals surface area contributed by atoms with E-state index < -0.39 is 0 Å². The highest BCUT2D eigenvalue weighted by atomic mass is 35.5. The van der Waals surface area contributed by atoms with Crippen LogP contribution in [0.1, 0.15) is 19.0 Å². The van der Waals surface area contributed by atoms with Crippen LogP contribution in [0.3, 0.4) is 0 Å². The maximum atomic E-state index is 5.92. The van der Waals surface area contributed by atoms with Gasteiger partial charge in [-0.05, 0) is 37.1 Å². The molecule has 0 aliphatic carbocycles. The third-order valence-corrected chi connectivity index (χ3v) is 5.35. The Labute approximate surface area is 134 Å². The zero-order chi connectivity index (χ0) is 14.9. The second-order valence-corrected chi connectivity index (χ2v) is 7.42. The molecule has 1 aromatic carbocycles. The van der Waals surface area contributed by atoms with Crippen molar-refractivity contribution < 1.29 is 0 Å². The second kappa shape index (κ2) is 6.05. The third kappa shape index (κ3) is 3.46. The Morgan fingerprint density at radius 1 is 1.38 bits per heavy atom. The van der Waals surface area contributed by atoms with Gasteiger partial charge in [0.1, 0.15) is 5.01 Å². The summed E-state index contributed by atoms with van der Waals surface area (Å²) in [7, 11) is 0. The van der Waals surface area contributed by atoms with Crippen molar-refractivity contribution in [3.05, 3.63) is 40.4 Å². The molecule has 3 rings (SSSR count). The Morgan fingerprint density at radius 2 is 2.14 bits per heavy atom. The minimum absolute atomic E-state index is 0.273. The summed E-state index contributed by atoms with van der Waals surface area (Å²) in [4.78, 5) is 7.20. The Kier molecular flexibility index (Phi) is 4.31. The number of hydrogen-bond acceptors (Lipinski definition) is 4. The first-order chi connectivity index (χ1) is 10.1. The molecule has 0 amide bonds. The maximum Gasteiger partial charge on any atom is 0.123 e. The molecule has 1 atom stereocenters. The van der Waals surface area contributed by atoms with E-state index in [9.17, 15) is 0 Å². The number of likely N-dealkylation sites (tertiary alicyclic amines) is 1. The molecule has 3 nitrogen and oxygen atoms in total. The van der Waals surface area contributed by atoms with E-state index in [4.69, 9.17) is 22.3 Å². The molecule has 1 aliphatic heterocycles. The summed E-state index contributed by atoms with van der Waals surface area (Å²) in [6.07, 6.45) is 1.18. The van der Waals surface area contributed by atoms with Crippen LogP contribution < -0.4 is 5.73 Å². The molecular formula is C16H20ClN3S. The average Bonchev–Trinajstić information content (AvgIpc) is 3.08. The predicted octanol–water partition coefficient (Wildman–Crippen LogP) is 3.63. The van der Waals surface area contributed by atoms with Gasteiger partial charge in [0.15, 0.2) is 0 Å². The number of halogens is 1. The lowest BCUT2D eigenvalue weighted by atomic mass is 9.90. The summed E-state index contributed by atoms with van der Waals surface area (Å²) in [5.41, 5.74) is 8.41. The molecule has 112 valence electrons. The summed E-state index contributed by atoms with van der Waals surface area (Å²) in [6, 6.07) is 7.86. The van der Waals surface area contributed by atoms with Crippen molar-refractivity contribution in [2.75, 3.05) is 19.6 Å². The summed E-state index contributed by atoms with van der Waals surface area (Å²) in [5, 5.41) is 3.97. The highest BCUT2D eigenvalue weighted by Gasteiger charge is 2.32. The average molecular weight is 322 g/mol. The monoisotopic (exact) mass is 321 g/mol. The Bertz CT molecular complexity index is 610. The van der Waals surface area contributed by atoms with Gasteiger partial charge in [-0.25, -0.2) is 4.98 Å². The lowest BCUT2D eigenvalue weighted by Crippen LogP contribution is -2.31. The molecule has 1 aromatic heterocycles. The van der Waals surface area contributed by atoms with Gasteiger partial charge < -0.3 is 5.73 Å². The van der Waals surface area contributed by atoms with Crippen LogP contribution in [-0.2, 0) is 6.54 Å². The molecule has 21 heavy (non-hydrogen) atoms. The normalized spacial score (nSPS) is 22.8. The number of aromatic nitrogens is 1. The molecule has 1 saturated heterocycles. The van der Waals surface area contributed by atoms with Crippen LogP contribution in [0, 0.1) is 5.41 Å². The molecule has 1 aliphatic rings. The number of hydrogen-bond donors (Lipinski definition) is 1. The van der Waals surface area contributed by atoms with E-state index in [0.29, 0.717) is 0 Å². The Balaban J connectivity index is 1.67. The number of thiazole rings is 1. The lowest BCUT2D eigenvalue weighted by molar-refractivity contribution is 0.272. The van der Waals surface area contributed by atoms with E-state index in [1.165, 1.54) is 6.42 Å². The molecular weight excluding hydrogens is 302 g/mol. The van der Waals surface area contributed by atoms with Crippen molar-refractivity contribution in [2.45, 2.75) is 19.9 Å². The lowest BCUT2D eigenvalue weighted by Gasteiger charge is -2.22. The van der Waals surface area contributed by atoms with Gasteiger partial charge >= 0.3 is 0 Å². The summed E-state index contributed by atoms with van der Waals surface area (Å²) < 4.78 is 0. The molecule has 5 heteroatoms. The molecule has 2 aromatic rings. The van der Waals surface area contributed by atoms with Crippen LogP contribution in [0.25, 0.3) is 10.6 Å². The van der Waals surface area contributed by atoms with Gasteiger partial charge in [-0.15, -0.1) is 11.3 Å². The van der Waals surface area contributed by atoms with Gasteiger partial charge in [-0.3, -0.25) is 4.90 Å². The molecule has 0 spiro atoms. The first-order valence-electron chi connectivity index (χ1n) is 7.21. The van der Waals surface area contributed by atoms with Crippen LogP contribution in [0.2, 0.25) is 5.02 Å². The number of nitrogens with zero attached hydrogens (tertiary/aromatic N) is 2. The minimum atomic E-state index is 0.273. The smallest absolute Gasteiger partial charge is 0.123 e. The van der Waals surface area contributed by atoms with Crippen LogP contribution in [0.4, 0.5) is 0 Å². The Hall–Kier alpha value is -0.940. The number of rotatable bonds is 4. The molecule has 2 heterocycles. The van der Waals surface area contributed by atoms with Crippen molar-refractivity contribution in [3.8, 4) is 10.6 Å². The molecule has 0 radical (unpaired) electrons. The van der Waals surface area contributed by atoms with Crippen molar-refractivity contribution >= 4 is 22.9 Å². The second-order valence-electron chi connectivity index (χ2n) is 6.13. The topological polar surface area (TPSA) is 42.1 Å². The largest absolute Gasteiger partial charge is 0.330 e. The van der Waals surface area contributed by atoms with E-state index in [1.807, 2.05) is 24.3 Å². The predicted molar refractivity (Wildman–Crippen MR) is 89.6 cm³/mol. The molecule has 1 fully saturated rings. The van der Waals surface area contributed by atoms with Gasteiger partial charge in [0, 0.05) is 29.1 Å². The highest BCUT2D eigenvalue weighted by Crippen LogP contribution is 2.30. The van der Waals surface area contributed by atoms with Gasteiger partial charge in [0.05, 0.1) is 5.69 Å². The number of nitrogens with two attached hydrogens (primary N) is 1. The van der Waals surface area contributed by atoms with Gasteiger partial charge in [0.25, 0.3) is 0 Å². The highest BCUT2D eigenvalue weighted by molar-refractivity contribution is 7.13. The minimum Gasteiger partial charge on any atom is -0.330 e. The van der Waals surface area contributed by atoms with Crippen molar-refractivity contribution in [3.63, 3.8) is 0 Å². The SMILES string of the molecule is CC1(CN)CCN(Cc2csc(-c3ccc(Cl)cc3)n2)C1. The van der Waals surface area contributed by atoms with Crippen LogP contribution in [-0.4, -0.2) is 29.5 Å². The van der Waals surface area contributed by atoms with Crippen LogP contribution in [0.5, 0.6) is 0 Å². The first kappa shape index (κ1) is 15.0. The van der Waals surface area contributed by atoms with E-state index >= 15 is 0 Å². The fraction of sp³-hybridized carbons (Fsp3) is 0.438. The van der Waals surface area contributed by atoms with Gasteiger partial charge in [-0.1, -0.05) is 30.7 Å². The Morgan fingerprint density at radius 3 is 2.81 bits per heavy atom. The summed E-state index contributed by atoms with van der Waals surface area (Å²) in [6.45, 7) is 6.13. The maximum absolute atomic E-state index is 5.92. The third-order valence-electron chi connectivity index (χ3n) is 4.16. The number of benzene rings is 1. The molecule has 0 saturated carbocycles. The zero-order valence-electron chi connectivity index (χ0n) is 12.2. The van der Waals surface area contributed by atoms with Crippen LogP contribution in [0.15, 0.2) is 29.6 Å². The fourth-order valence-electron chi connectivity index (χ4n) is 2.76. The van der Waals surface area contributed by atoms with Gasteiger partial charge in [0.2, 0.25) is 0 Å². The summed E-state index contributed by atoms with van der Waals surface area (Å²) in [5.74, 6) is 0. The van der Waals surface area contributed by atoms with E-state index in [-0.39, 0.29) is 5.41 Å². The van der Waals surface area contributed by atoms with E-state index in [1.54, 1.807) is 11.3 Å². The standard InChI is InChI=1S/C16H20ClN3S/c1-16(10-18)6-7-20(11-16)8-14-9-21-15(19-14)12-2-4-13(17)5-3-12/h2-5,9H,6-8,10-11,18H2,1H3.